The number of piperidine rings is 1. The molecule has 7 nitrogen and oxygen atoms in total. The summed E-state index contributed by atoms with van der Waals surface area (Å²) < 4.78 is 63.5. The number of aliphatic hydroxyl groups is 1. The molecule has 3 aliphatic rings. The molecule has 222 valence electrons. The van der Waals surface area contributed by atoms with Crippen molar-refractivity contribution in [2.24, 2.45) is 0 Å². The van der Waals surface area contributed by atoms with Gasteiger partial charge in [-0.25, -0.2) is 9.59 Å². The lowest BCUT2D eigenvalue weighted by atomic mass is 9.71. The first kappa shape index (κ1) is 33.5. The summed E-state index contributed by atoms with van der Waals surface area (Å²) in [6.07, 6.45) is -8.29. The average Bonchev–Trinajstić information content (AvgIpc) is 3.01. The molecule has 2 fully saturated rings. The molecule has 1 aromatic carbocycles. The highest BCUT2D eigenvalue weighted by molar-refractivity contribution is 8.03. The number of aliphatic hydroxyl groups excluding tert-OH is 1. The van der Waals surface area contributed by atoms with Crippen LogP contribution in [-0.4, -0.2) is 112 Å². The molecule has 0 bridgehead atoms. The maximum Gasteiger partial charge on any atom is 0.490 e. The van der Waals surface area contributed by atoms with Crippen molar-refractivity contribution in [3.8, 4) is 0 Å². The van der Waals surface area contributed by atoms with Gasteiger partial charge in [0, 0.05) is 34.5 Å². The topological polar surface area (TPSA) is 101 Å². The summed E-state index contributed by atoms with van der Waals surface area (Å²) in [5, 5.41) is 25.6. The Morgan fingerprint density at radius 2 is 1.36 bits per heavy atom. The van der Waals surface area contributed by atoms with Crippen LogP contribution in [-0.2, 0) is 15.0 Å². The van der Waals surface area contributed by atoms with E-state index < -0.39 is 24.3 Å². The molecule has 0 unspecified atom stereocenters. The monoisotopic (exact) mass is 606 g/mol. The van der Waals surface area contributed by atoms with Crippen LogP contribution in [0.5, 0.6) is 0 Å². The van der Waals surface area contributed by atoms with Crippen LogP contribution in [0.25, 0.3) is 0 Å². The number of thioether (sulfide) groups is 2. The van der Waals surface area contributed by atoms with Crippen molar-refractivity contribution in [3.63, 3.8) is 0 Å². The minimum atomic E-state index is -5.08. The van der Waals surface area contributed by atoms with E-state index in [4.69, 9.17) is 19.8 Å². The summed E-state index contributed by atoms with van der Waals surface area (Å²) in [4.78, 5) is 22.7. The molecule has 0 aromatic heterocycles. The van der Waals surface area contributed by atoms with Gasteiger partial charge in [-0.15, -0.1) is 0 Å². The summed E-state index contributed by atoms with van der Waals surface area (Å²) in [6, 6.07) is 9.62. The molecular formula is C24H32F6N2O5S2. The van der Waals surface area contributed by atoms with Crippen molar-refractivity contribution in [2.75, 3.05) is 50.2 Å². The molecule has 2 aliphatic heterocycles. The number of carbonyl (C=O) groups is 2. The summed E-state index contributed by atoms with van der Waals surface area (Å²) in [6.45, 7) is 2.24. The summed E-state index contributed by atoms with van der Waals surface area (Å²) >= 11 is 4.23. The number of benzene rings is 1. The highest BCUT2D eigenvalue weighted by atomic mass is 32.2. The molecule has 0 saturated carbocycles. The van der Waals surface area contributed by atoms with Crippen molar-refractivity contribution in [1.82, 2.24) is 9.80 Å². The van der Waals surface area contributed by atoms with Gasteiger partial charge in [0.25, 0.3) is 0 Å². The SMILES string of the molecule is CN(C)[C@@H]1c2ccccc2C2(CCN(C3CSCCSC3)CC2)[C@H]1O.O=C(O)C(F)(F)F.O=C(O)C(F)(F)F. The number of nitrogens with zero attached hydrogens (tertiary/aromatic N) is 2. The Kier molecular flexibility index (Phi) is 11.9. The van der Waals surface area contributed by atoms with Crippen molar-refractivity contribution < 1.29 is 51.3 Å². The molecule has 3 N–H and O–H groups in total. The minimum Gasteiger partial charge on any atom is -0.475 e. The average molecular weight is 607 g/mol. The van der Waals surface area contributed by atoms with Crippen LogP contribution in [0.1, 0.15) is 30.0 Å². The van der Waals surface area contributed by atoms with Crippen molar-refractivity contribution in [3.05, 3.63) is 35.4 Å². The second-order valence-corrected chi connectivity index (χ2v) is 11.8. The van der Waals surface area contributed by atoms with Gasteiger partial charge >= 0.3 is 24.3 Å². The van der Waals surface area contributed by atoms with Crippen LogP contribution in [0.2, 0.25) is 0 Å². The number of likely N-dealkylation sites (N-methyl/N-ethyl adjacent to an activating group) is 1. The molecule has 15 heteroatoms. The number of hydrogen-bond donors (Lipinski definition) is 3. The first-order chi connectivity index (χ1) is 18.0. The fourth-order valence-corrected chi connectivity index (χ4v) is 7.70. The third kappa shape index (κ3) is 8.65. The zero-order valence-corrected chi connectivity index (χ0v) is 23.0. The molecule has 1 aliphatic carbocycles. The quantitative estimate of drug-likeness (QED) is 0.430. The molecule has 4 rings (SSSR count). The van der Waals surface area contributed by atoms with E-state index in [1.165, 1.54) is 34.1 Å². The first-order valence-electron chi connectivity index (χ1n) is 12.0. The molecule has 2 atom stereocenters. The fraction of sp³-hybridized carbons (Fsp3) is 0.667. The molecule has 2 saturated heterocycles. The van der Waals surface area contributed by atoms with Gasteiger partial charge in [-0.2, -0.15) is 49.9 Å². The van der Waals surface area contributed by atoms with Gasteiger partial charge in [-0.1, -0.05) is 24.3 Å². The van der Waals surface area contributed by atoms with E-state index in [1.54, 1.807) is 0 Å². The van der Waals surface area contributed by atoms with Gasteiger partial charge < -0.3 is 20.2 Å². The number of halogens is 6. The van der Waals surface area contributed by atoms with Crippen molar-refractivity contribution in [1.29, 1.82) is 0 Å². The fourth-order valence-electron chi connectivity index (χ4n) is 5.07. The van der Waals surface area contributed by atoms with Crippen LogP contribution in [0, 0.1) is 0 Å². The summed E-state index contributed by atoms with van der Waals surface area (Å²) in [7, 11) is 4.19. The summed E-state index contributed by atoms with van der Waals surface area (Å²) in [5.74, 6) is -0.357. The van der Waals surface area contributed by atoms with Crippen LogP contribution in [0.3, 0.4) is 0 Å². The molecule has 1 spiro atoms. The maximum absolute atomic E-state index is 11.3. The lowest BCUT2D eigenvalue weighted by Crippen LogP contribution is -2.52. The molecule has 39 heavy (non-hydrogen) atoms. The van der Waals surface area contributed by atoms with Gasteiger partial charge in [-0.05, 0) is 51.2 Å². The zero-order chi connectivity index (χ0) is 29.6. The van der Waals surface area contributed by atoms with Gasteiger partial charge in [-0.3, -0.25) is 4.90 Å². The second kappa shape index (κ2) is 13.8. The second-order valence-electron chi connectivity index (χ2n) is 9.54. The Morgan fingerprint density at radius 3 is 1.77 bits per heavy atom. The largest absolute Gasteiger partial charge is 0.490 e. The third-order valence-electron chi connectivity index (χ3n) is 6.92. The smallest absolute Gasteiger partial charge is 0.475 e. The van der Waals surface area contributed by atoms with Gasteiger partial charge in [0.15, 0.2) is 0 Å². The number of rotatable bonds is 2. The molecular weight excluding hydrogens is 574 g/mol. The minimum absolute atomic E-state index is 0.0486. The number of carboxylic acids is 2. The van der Waals surface area contributed by atoms with E-state index in [9.17, 15) is 31.4 Å². The number of likely N-dealkylation sites (tertiary alicyclic amines) is 1. The maximum atomic E-state index is 11.3. The molecule has 2 heterocycles. The number of fused-ring (bicyclic) bond motifs is 2. The third-order valence-corrected chi connectivity index (χ3v) is 9.41. The van der Waals surface area contributed by atoms with Crippen molar-refractivity contribution in [2.45, 2.75) is 48.8 Å². The Labute approximate surface area is 230 Å². The van der Waals surface area contributed by atoms with Gasteiger partial charge in [0.1, 0.15) is 0 Å². The van der Waals surface area contributed by atoms with E-state index in [2.05, 4.69) is 71.7 Å². The Balaban J connectivity index is 0.000000317. The Hall–Kier alpha value is -1.68. The van der Waals surface area contributed by atoms with Gasteiger partial charge in [0.2, 0.25) is 0 Å². The van der Waals surface area contributed by atoms with Gasteiger partial charge in [0.05, 0.1) is 12.1 Å². The predicted octanol–water partition coefficient (Wildman–Crippen LogP) is 4.11. The van der Waals surface area contributed by atoms with Crippen LogP contribution < -0.4 is 0 Å². The Bertz CT molecular complexity index is 939. The highest BCUT2D eigenvalue weighted by Crippen LogP contribution is 2.52. The van der Waals surface area contributed by atoms with E-state index in [1.807, 2.05) is 0 Å². The first-order valence-corrected chi connectivity index (χ1v) is 14.3. The summed E-state index contributed by atoms with van der Waals surface area (Å²) in [5.41, 5.74) is 2.70. The zero-order valence-electron chi connectivity index (χ0n) is 21.3. The standard InChI is InChI=1S/C20H30N2OS2.2C2HF3O2/c1-21(2)18-16-5-3-4-6-17(16)20(19(18)23)7-9-22(10-8-20)15-13-24-11-12-25-14-15;2*3-2(4,5)1(6)7/h3-6,15,18-19,23H,7-14H2,1-2H3;2*(H,6,7)/t18-,19+;;/m1../s1. The van der Waals surface area contributed by atoms with Crippen LogP contribution in [0.15, 0.2) is 24.3 Å². The highest BCUT2D eigenvalue weighted by Gasteiger charge is 2.53. The molecule has 0 radical (unpaired) electrons. The number of aliphatic carboxylic acids is 2. The normalized spacial score (nSPS) is 23.6. The van der Waals surface area contributed by atoms with Crippen LogP contribution >= 0.6 is 23.5 Å². The van der Waals surface area contributed by atoms with E-state index >= 15 is 0 Å². The lowest BCUT2D eigenvalue weighted by molar-refractivity contribution is -0.193. The predicted molar refractivity (Wildman–Crippen MR) is 137 cm³/mol. The van der Waals surface area contributed by atoms with E-state index in [0.717, 1.165) is 25.9 Å². The number of alkyl halides is 6. The van der Waals surface area contributed by atoms with E-state index in [-0.39, 0.29) is 17.6 Å². The molecule has 0 amide bonds. The number of hydrogen-bond acceptors (Lipinski definition) is 7. The van der Waals surface area contributed by atoms with Crippen molar-refractivity contribution >= 4 is 35.5 Å². The Morgan fingerprint density at radius 1 is 0.923 bits per heavy atom. The molecule has 1 aromatic rings. The van der Waals surface area contributed by atoms with E-state index in [0.29, 0.717) is 6.04 Å². The lowest BCUT2D eigenvalue weighted by Gasteiger charge is -2.45. The number of carboxylic acid groups (broad SMARTS) is 2. The van der Waals surface area contributed by atoms with Crippen LogP contribution in [0.4, 0.5) is 26.3 Å².